The fourth-order valence-electron chi connectivity index (χ4n) is 7.17. The minimum atomic E-state index is -1.72. The van der Waals surface area contributed by atoms with Gasteiger partial charge in [-0.1, -0.05) is 0 Å². The van der Waals surface area contributed by atoms with E-state index in [2.05, 4.69) is 0 Å². The zero-order valence-corrected chi connectivity index (χ0v) is 23.4. The molecule has 5 aliphatic rings. The second-order valence-electron chi connectivity index (χ2n) is 12.6. The zero-order valence-electron chi connectivity index (χ0n) is 23.4. The van der Waals surface area contributed by atoms with Gasteiger partial charge in [-0.2, -0.15) is 0 Å². The molecule has 0 aromatic rings. The lowest BCUT2D eigenvalue weighted by Gasteiger charge is -2.51. The third-order valence-electron chi connectivity index (χ3n) is 9.71. The Morgan fingerprint density at radius 3 is 2.07 bits per heavy atom. The topological polar surface area (TPSA) is 248 Å². The molecule has 0 aromatic heterocycles. The molecule has 244 valence electrons. The molecule has 2 saturated carbocycles. The minimum absolute atomic E-state index is 0.155. The molecule has 15 heteroatoms. The Balaban J connectivity index is 1.40. The predicted octanol–water partition coefficient (Wildman–Crippen LogP) is -4.17. The van der Waals surface area contributed by atoms with Crippen molar-refractivity contribution < 1.29 is 74.7 Å². The number of aliphatic hydroxyl groups is 10. The highest BCUT2D eigenvalue weighted by atomic mass is 16.8. The largest absolute Gasteiger partial charge is 0.394 e. The van der Waals surface area contributed by atoms with Gasteiger partial charge in [-0.25, -0.2) is 0 Å². The first-order chi connectivity index (χ1) is 19.9. The van der Waals surface area contributed by atoms with Gasteiger partial charge in [0.1, 0.15) is 42.7 Å². The van der Waals surface area contributed by atoms with Gasteiger partial charge < -0.3 is 74.7 Å². The van der Waals surface area contributed by atoms with Crippen molar-refractivity contribution in [2.24, 2.45) is 11.8 Å². The summed E-state index contributed by atoms with van der Waals surface area (Å²) in [6.07, 6.45) is -18.6. The van der Waals surface area contributed by atoms with Crippen LogP contribution in [-0.2, 0) is 23.7 Å². The summed E-state index contributed by atoms with van der Waals surface area (Å²) < 4.78 is 30.0. The fourth-order valence-corrected chi connectivity index (χ4v) is 7.17. The molecule has 3 heterocycles. The van der Waals surface area contributed by atoms with E-state index in [1.54, 1.807) is 0 Å². The third kappa shape index (κ3) is 6.52. The van der Waals surface area contributed by atoms with Gasteiger partial charge in [-0.05, 0) is 51.4 Å². The Kier molecular flexibility index (Phi) is 10.5. The van der Waals surface area contributed by atoms with E-state index in [-0.39, 0.29) is 25.2 Å². The van der Waals surface area contributed by atoms with Crippen LogP contribution >= 0.6 is 0 Å². The highest BCUT2D eigenvalue weighted by molar-refractivity contribution is 4.99. The number of aliphatic hydroxyl groups excluding tert-OH is 10. The lowest BCUT2D eigenvalue weighted by atomic mass is 9.72. The summed E-state index contributed by atoms with van der Waals surface area (Å²) in [5, 5.41) is 104. The van der Waals surface area contributed by atoms with Crippen molar-refractivity contribution in [3.8, 4) is 0 Å². The van der Waals surface area contributed by atoms with Crippen LogP contribution in [0.4, 0.5) is 0 Å². The molecule has 15 nitrogen and oxygen atoms in total. The fraction of sp³-hybridized carbons (Fsp3) is 1.00. The summed E-state index contributed by atoms with van der Waals surface area (Å²) in [6.45, 7) is 0.783. The van der Waals surface area contributed by atoms with E-state index in [1.807, 2.05) is 0 Å². The smallest absolute Gasteiger partial charge is 0.187 e. The lowest BCUT2D eigenvalue weighted by Crippen LogP contribution is -2.65. The van der Waals surface area contributed by atoms with Crippen molar-refractivity contribution in [2.75, 3.05) is 6.61 Å². The standard InChI is InChI=1S/C27H46O15/c1-9-19(33)21(35)23(37)26(38-9)42-25-22(36)20(34)18(8-28)41-27(25)40-17-7-12-14(31)5-11(29)6-16(12)39-24(17)10-2-3-13(30)15(32)4-10/h9-37H,2-8H2,1H3/t9-,10?,11?,12?,13?,14?,15?,16?,17?,18+,19-,20+,21+,22-,23+,24?,25+,26-,27+/m0/s1. The molecule has 0 aromatic carbocycles. The van der Waals surface area contributed by atoms with Gasteiger partial charge in [0.15, 0.2) is 12.6 Å². The summed E-state index contributed by atoms with van der Waals surface area (Å²) in [6, 6.07) is 0. The predicted molar refractivity (Wildman–Crippen MR) is 137 cm³/mol. The Morgan fingerprint density at radius 2 is 1.38 bits per heavy atom. The normalized spacial score (nSPS) is 55.6. The summed E-state index contributed by atoms with van der Waals surface area (Å²) in [7, 11) is 0. The molecule has 0 amide bonds. The maximum absolute atomic E-state index is 11.0. The van der Waals surface area contributed by atoms with Crippen LogP contribution in [0.5, 0.6) is 0 Å². The Hall–Kier alpha value is -0.600. The monoisotopic (exact) mass is 610 g/mol. The zero-order chi connectivity index (χ0) is 30.5. The Morgan fingerprint density at radius 1 is 0.643 bits per heavy atom. The SMILES string of the molecule is C[C@@H]1O[C@@H](O[C@H]2[C@H](OC3CC4C(O)CC(O)CC4OC3C3CCC(O)C(O)C3)O[C@H](CO)[C@@H](O)[C@@H]2O)[C@H](O)[C@H](O)[C@H]1O. The molecule has 0 bridgehead atoms. The van der Waals surface area contributed by atoms with Gasteiger partial charge in [0.05, 0.1) is 55.4 Å². The minimum Gasteiger partial charge on any atom is -0.394 e. The quantitative estimate of drug-likeness (QED) is 0.137. The van der Waals surface area contributed by atoms with Gasteiger partial charge in [0, 0.05) is 5.92 Å². The van der Waals surface area contributed by atoms with E-state index < -0.39 is 117 Å². The molecule has 0 spiro atoms. The van der Waals surface area contributed by atoms with Crippen LogP contribution in [0, 0.1) is 11.8 Å². The van der Waals surface area contributed by atoms with E-state index >= 15 is 0 Å². The molecular weight excluding hydrogens is 564 g/mol. The van der Waals surface area contributed by atoms with Crippen molar-refractivity contribution in [3.05, 3.63) is 0 Å². The Labute approximate surface area is 243 Å². The highest BCUT2D eigenvalue weighted by Crippen LogP contribution is 2.43. The molecule has 9 unspecified atom stereocenters. The molecule has 10 N–H and O–H groups in total. The molecule has 5 rings (SSSR count). The van der Waals surface area contributed by atoms with E-state index in [1.165, 1.54) is 6.92 Å². The molecule has 19 atom stereocenters. The number of ether oxygens (including phenoxy) is 5. The maximum Gasteiger partial charge on any atom is 0.187 e. The van der Waals surface area contributed by atoms with E-state index in [0.29, 0.717) is 19.3 Å². The van der Waals surface area contributed by atoms with Crippen molar-refractivity contribution in [1.29, 1.82) is 0 Å². The molecule has 3 saturated heterocycles. The van der Waals surface area contributed by atoms with E-state index in [0.717, 1.165) is 0 Å². The summed E-state index contributed by atoms with van der Waals surface area (Å²) >= 11 is 0. The van der Waals surface area contributed by atoms with Crippen LogP contribution in [-0.4, -0.2) is 162 Å². The number of hydrogen-bond donors (Lipinski definition) is 10. The van der Waals surface area contributed by atoms with Crippen LogP contribution in [0.2, 0.25) is 0 Å². The van der Waals surface area contributed by atoms with Crippen molar-refractivity contribution in [1.82, 2.24) is 0 Å². The first-order valence-electron chi connectivity index (χ1n) is 14.9. The van der Waals surface area contributed by atoms with Crippen molar-refractivity contribution in [3.63, 3.8) is 0 Å². The maximum atomic E-state index is 11.0. The van der Waals surface area contributed by atoms with Crippen LogP contribution in [0.15, 0.2) is 0 Å². The van der Waals surface area contributed by atoms with Crippen LogP contribution in [0.25, 0.3) is 0 Å². The molecule has 0 radical (unpaired) electrons. The van der Waals surface area contributed by atoms with Gasteiger partial charge in [-0.15, -0.1) is 0 Å². The number of rotatable bonds is 6. The van der Waals surface area contributed by atoms with Crippen LogP contribution < -0.4 is 0 Å². The van der Waals surface area contributed by atoms with Gasteiger partial charge in [-0.3, -0.25) is 0 Å². The van der Waals surface area contributed by atoms with Crippen LogP contribution in [0.3, 0.4) is 0 Å². The van der Waals surface area contributed by atoms with E-state index in [9.17, 15) is 51.1 Å². The molecular formula is C27H46O15. The second-order valence-corrected chi connectivity index (χ2v) is 12.6. The number of hydrogen-bond acceptors (Lipinski definition) is 15. The molecule has 5 fully saturated rings. The summed E-state index contributed by atoms with van der Waals surface area (Å²) in [5.41, 5.74) is 0. The summed E-state index contributed by atoms with van der Waals surface area (Å²) in [5.74, 6) is -0.694. The highest BCUT2D eigenvalue weighted by Gasteiger charge is 2.54. The third-order valence-corrected chi connectivity index (χ3v) is 9.71. The van der Waals surface area contributed by atoms with E-state index in [4.69, 9.17) is 23.7 Å². The van der Waals surface area contributed by atoms with Crippen molar-refractivity contribution >= 4 is 0 Å². The Bertz CT molecular complexity index is 882. The average Bonchev–Trinajstić information content (AvgIpc) is 2.95. The lowest BCUT2D eigenvalue weighted by molar-refractivity contribution is -0.377. The average molecular weight is 611 g/mol. The summed E-state index contributed by atoms with van der Waals surface area (Å²) in [4.78, 5) is 0. The molecule has 3 aliphatic heterocycles. The molecule has 42 heavy (non-hydrogen) atoms. The first kappa shape index (κ1) is 32.8. The van der Waals surface area contributed by atoms with Gasteiger partial charge in [0.25, 0.3) is 0 Å². The molecule has 2 aliphatic carbocycles. The first-order valence-corrected chi connectivity index (χ1v) is 14.9. The van der Waals surface area contributed by atoms with Gasteiger partial charge >= 0.3 is 0 Å². The van der Waals surface area contributed by atoms with Crippen LogP contribution in [0.1, 0.15) is 45.4 Å². The van der Waals surface area contributed by atoms with Crippen molar-refractivity contribution in [2.45, 2.75) is 150 Å². The second kappa shape index (κ2) is 13.4. The van der Waals surface area contributed by atoms with Gasteiger partial charge in [0.2, 0.25) is 0 Å². The number of fused-ring (bicyclic) bond motifs is 1.